The molecule has 0 atom stereocenters. The number of aromatic hydroxyl groups is 1. The number of nitrogens with zero attached hydrogens (tertiary/aromatic N) is 3. The zero-order valence-corrected chi connectivity index (χ0v) is 18.9. The fraction of sp³-hybridized carbons (Fsp3) is 0.0870. The lowest BCUT2D eigenvalue weighted by atomic mass is 10.2. The van der Waals surface area contributed by atoms with E-state index in [0.717, 1.165) is 32.2 Å². The monoisotopic (exact) mass is 496 g/mol. The highest BCUT2D eigenvalue weighted by Gasteiger charge is 2.17. The summed E-state index contributed by atoms with van der Waals surface area (Å²) in [5, 5.41) is 23.1. The van der Waals surface area contributed by atoms with Gasteiger partial charge in [-0.3, -0.25) is 0 Å². The highest BCUT2D eigenvalue weighted by atomic mass is 79.9. The van der Waals surface area contributed by atoms with Gasteiger partial charge in [0, 0.05) is 15.5 Å². The van der Waals surface area contributed by atoms with Crippen LogP contribution in [0.3, 0.4) is 0 Å². The van der Waals surface area contributed by atoms with Crippen molar-refractivity contribution in [2.75, 3.05) is 5.32 Å². The maximum absolute atomic E-state index is 13.3. The number of rotatable bonds is 4. The third kappa shape index (κ3) is 4.81. The molecular weight excluding hydrogens is 479 g/mol. The minimum absolute atomic E-state index is 0.0423. The van der Waals surface area contributed by atoms with Crippen LogP contribution in [0.15, 0.2) is 81.4 Å². The summed E-state index contributed by atoms with van der Waals surface area (Å²) in [4.78, 5) is 0. The van der Waals surface area contributed by atoms with Gasteiger partial charge >= 0.3 is 0 Å². The first-order valence-corrected chi connectivity index (χ1v) is 10.7. The number of hydrogen-bond donors (Lipinski definition) is 2. The average molecular weight is 497 g/mol. The van der Waals surface area contributed by atoms with Gasteiger partial charge in [0.15, 0.2) is 5.69 Å². The number of halogens is 2. The zero-order chi connectivity index (χ0) is 22.0. The van der Waals surface area contributed by atoms with Crippen LogP contribution in [0.2, 0.25) is 0 Å². The zero-order valence-electron chi connectivity index (χ0n) is 16.5. The van der Waals surface area contributed by atoms with Crippen molar-refractivity contribution < 1.29 is 9.50 Å². The number of anilines is 1. The number of benzene rings is 3. The van der Waals surface area contributed by atoms with Crippen LogP contribution in [-0.4, -0.2) is 14.8 Å². The summed E-state index contributed by atoms with van der Waals surface area (Å²) in [6.07, 6.45) is 0. The summed E-state index contributed by atoms with van der Waals surface area (Å²) in [6, 6.07) is 19.5. The van der Waals surface area contributed by atoms with E-state index in [1.807, 2.05) is 49.4 Å². The van der Waals surface area contributed by atoms with Crippen LogP contribution >= 0.6 is 28.1 Å². The number of aryl methyl sites for hydroxylation is 1. The van der Waals surface area contributed by atoms with E-state index in [0.29, 0.717) is 12.2 Å². The number of fused-ring (bicyclic) bond motifs is 1. The van der Waals surface area contributed by atoms with Crippen LogP contribution in [0.5, 0.6) is 5.88 Å². The second-order valence-corrected chi connectivity index (χ2v) is 8.34. The van der Waals surface area contributed by atoms with Crippen LogP contribution in [0.1, 0.15) is 11.1 Å². The van der Waals surface area contributed by atoms with E-state index < -0.39 is 0 Å². The lowest BCUT2D eigenvalue weighted by Crippen LogP contribution is -2.04. The van der Waals surface area contributed by atoms with Crippen molar-refractivity contribution in [2.45, 2.75) is 13.5 Å². The molecule has 0 spiro atoms. The first-order chi connectivity index (χ1) is 14.9. The Labute approximate surface area is 192 Å². The van der Waals surface area contributed by atoms with Gasteiger partial charge in [-0.2, -0.15) is 0 Å². The van der Waals surface area contributed by atoms with Gasteiger partial charge in [-0.1, -0.05) is 45.8 Å². The molecule has 1 aromatic heterocycles. The third-order valence-corrected chi connectivity index (χ3v) is 5.45. The molecule has 4 rings (SSSR count). The van der Waals surface area contributed by atoms with E-state index >= 15 is 0 Å². The standard InChI is InChI=1S/C23H18BrFN4OS/c1-14-2-9-18(10-3-14)26-23(31)28-27-21-19-12-16(24)6-11-20(19)29(22(21)30)13-15-4-7-17(25)8-5-15/h2-12,30H,13H2,1H3,(H,26,31). The lowest BCUT2D eigenvalue weighted by Gasteiger charge is -2.07. The van der Waals surface area contributed by atoms with Crippen molar-refractivity contribution in [2.24, 2.45) is 10.2 Å². The molecule has 3 aromatic carbocycles. The summed E-state index contributed by atoms with van der Waals surface area (Å²) in [6.45, 7) is 2.36. The van der Waals surface area contributed by atoms with E-state index in [1.165, 1.54) is 12.1 Å². The van der Waals surface area contributed by atoms with E-state index in [2.05, 4.69) is 31.5 Å². The topological polar surface area (TPSA) is 61.9 Å². The molecule has 0 aliphatic rings. The fourth-order valence-corrected chi connectivity index (χ4v) is 3.73. The normalized spacial score (nSPS) is 11.3. The molecule has 0 saturated carbocycles. The fourth-order valence-electron chi connectivity index (χ4n) is 3.21. The van der Waals surface area contributed by atoms with E-state index in [4.69, 9.17) is 12.2 Å². The van der Waals surface area contributed by atoms with Gasteiger partial charge in [0.05, 0.1) is 12.1 Å². The molecular formula is C23H18BrFN4OS. The molecule has 0 fully saturated rings. The van der Waals surface area contributed by atoms with Crippen molar-refractivity contribution in [3.63, 3.8) is 0 Å². The van der Waals surface area contributed by atoms with Gasteiger partial charge in [0.2, 0.25) is 11.0 Å². The number of aromatic nitrogens is 1. The largest absolute Gasteiger partial charge is 0.493 e. The predicted molar refractivity (Wildman–Crippen MR) is 129 cm³/mol. The molecule has 4 aromatic rings. The van der Waals surface area contributed by atoms with Gasteiger partial charge in [-0.25, -0.2) is 4.39 Å². The Morgan fingerprint density at radius 2 is 1.81 bits per heavy atom. The van der Waals surface area contributed by atoms with E-state index in [-0.39, 0.29) is 16.8 Å². The molecule has 0 unspecified atom stereocenters. The molecule has 8 heteroatoms. The molecule has 0 radical (unpaired) electrons. The molecule has 31 heavy (non-hydrogen) atoms. The summed E-state index contributed by atoms with van der Waals surface area (Å²) in [5.74, 6) is -0.349. The molecule has 0 amide bonds. The van der Waals surface area contributed by atoms with Crippen LogP contribution in [-0.2, 0) is 6.54 Å². The maximum Gasteiger partial charge on any atom is 0.221 e. The van der Waals surface area contributed by atoms with Crippen LogP contribution in [0.25, 0.3) is 10.9 Å². The second kappa shape index (κ2) is 8.95. The Hall–Kier alpha value is -3.10. The van der Waals surface area contributed by atoms with Crippen molar-refractivity contribution in [1.29, 1.82) is 0 Å². The van der Waals surface area contributed by atoms with Gasteiger partial charge in [0.25, 0.3) is 0 Å². The molecule has 5 nitrogen and oxygen atoms in total. The number of hydrogen-bond acceptors (Lipinski definition) is 3. The Kier molecular flexibility index (Phi) is 6.11. The number of azo groups is 1. The Bertz CT molecular complexity index is 1280. The van der Waals surface area contributed by atoms with Crippen molar-refractivity contribution in [1.82, 2.24) is 4.57 Å². The highest BCUT2D eigenvalue weighted by Crippen LogP contribution is 2.40. The molecule has 1 heterocycles. The molecule has 2 N–H and O–H groups in total. The van der Waals surface area contributed by atoms with Gasteiger partial charge in [0.1, 0.15) is 5.82 Å². The summed E-state index contributed by atoms with van der Waals surface area (Å²) >= 11 is 8.74. The van der Waals surface area contributed by atoms with Crippen molar-refractivity contribution in [3.8, 4) is 5.88 Å². The smallest absolute Gasteiger partial charge is 0.221 e. The lowest BCUT2D eigenvalue weighted by molar-refractivity contribution is 0.429. The molecule has 156 valence electrons. The molecule has 0 saturated heterocycles. The minimum atomic E-state index is -0.307. The van der Waals surface area contributed by atoms with Crippen LogP contribution in [0.4, 0.5) is 15.8 Å². The SMILES string of the molecule is Cc1ccc(NC(=S)N=Nc2c(O)n(Cc3ccc(F)cc3)c3ccc(Br)cc23)cc1. The molecule has 0 aliphatic heterocycles. The first-order valence-electron chi connectivity index (χ1n) is 9.45. The van der Waals surface area contributed by atoms with Crippen molar-refractivity contribution >= 4 is 55.5 Å². The Morgan fingerprint density at radius 1 is 1.10 bits per heavy atom. The minimum Gasteiger partial charge on any atom is -0.493 e. The van der Waals surface area contributed by atoms with Gasteiger partial charge in [-0.05, 0) is 67.2 Å². The van der Waals surface area contributed by atoms with Crippen LogP contribution < -0.4 is 5.32 Å². The van der Waals surface area contributed by atoms with Gasteiger partial charge in [-0.15, -0.1) is 10.2 Å². The maximum atomic E-state index is 13.3. The summed E-state index contributed by atoms with van der Waals surface area (Å²) in [7, 11) is 0. The Balaban J connectivity index is 1.66. The van der Waals surface area contributed by atoms with E-state index in [9.17, 15) is 9.50 Å². The first kappa shape index (κ1) is 21.1. The second-order valence-electron chi connectivity index (χ2n) is 7.04. The van der Waals surface area contributed by atoms with Crippen molar-refractivity contribution in [3.05, 3.63) is 88.1 Å². The predicted octanol–water partition coefficient (Wildman–Crippen LogP) is 7.09. The van der Waals surface area contributed by atoms with E-state index in [1.54, 1.807) is 16.7 Å². The number of nitrogens with one attached hydrogen (secondary N) is 1. The molecule has 0 aliphatic carbocycles. The van der Waals surface area contributed by atoms with Gasteiger partial charge < -0.3 is 15.0 Å². The average Bonchev–Trinajstić information content (AvgIpc) is 3.00. The third-order valence-electron chi connectivity index (χ3n) is 4.77. The quantitative estimate of drug-likeness (QED) is 0.234. The summed E-state index contributed by atoms with van der Waals surface area (Å²) in [5.41, 5.74) is 3.88. The van der Waals surface area contributed by atoms with Crippen LogP contribution in [0, 0.1) is 12.7 Å². The number of thiocarbonyl (C=S) groups is 1. The highest BCUT2D eigenvalue weighted by molar-refractivity contribution is 9.10. The Morgan fingerprint density at radius 3 is 2.52 bits per heavy atom. The molecule has 0 bridgehead atoms. The summed E-state index contributed by atoms with van der Waals surface area (Å²) < 4.78 is 15.8.